The number of nitrogens with zero attached hydrogens (tertiary/aromatic N) is 2. The number of hydrogen-bond acceptors (Lipinski definition) is 3. The van der Waals surface area contributed by atoms with E-state index in [0.29, 0.717) is 10.7 Å². The van der Waals surface area contributed by atoms with Crippen molar-refractivity contribution in [3.05, 3.63) is 88.9 Å². The van der Waals surface area contributed by atoms with E-state index in [1.807, 2.05) is 74.4 Å². The van der Waals surface area contributed by atoms with E-state index >= 15 is 0 Å². The average Bonchev–Trinajstić information content (AvgIpc) is 2.75. The molecular weight excluding hydrogens is 410 g/mol. The highest BCUT2D eigenvalue weighted by molar-refractivity contribution is 6.30. The van der Waals surface area contributed by atoms with Crippen LogP contribution in [0, 0.1) is 6.92 Å². The number of benzene rings is 3. The summed E-state index contributed by atoms with van der Waals surface area (Å²) in [5.41, 5.74) is 2.96. The molecule has 3 aromatic carbocycles. The van der Waals surface area contributed by atoms with Crippen molar-refractivity contribution in [2.45, 2.75) is 18.9 Å². The van der Waals surface area contributed by atoms with E-state index in [0.717, 1.165) is 22.5 Å². The Morgan fingerprint density at radius 2 is 1.65 bits per heavy atom. The lowest BCUT2D eigenvalue weighted by Crippen LogP contribution is -2.67. The first-order chi connectivity index (χ1) is 14.8. The van der Waals surface area contributed by atoms with Crippen molar-refractivity contribution in [1.29, 1.82) is 0 Å². The number of para-hydroxylation sites is 1. The number of hydrogen-bond donors (Lipinski definition) is 1. The van der Waals surface area contributed by atoms with Gasteiger partial charge in [0, 0.05) is 36.2 Å². The lowest BCUT2D eigenvalue weighted by molar-refractivity contribution is -0.137. The molecule has 4 rings (SSSR count). The van der Waals surface area contributed by atoms with Gasteiger partial charge >= 0.3 is 0 Å². The van der Waals surface area contributed by atoms with Gasteiger partial charge in [0.1, 0.15) is 0 Å². The fourth-order valence-corrected chi connectivity index (χ4v) is 4.10. The van der Waals surface area contributed by atoms with E-state index in [1.165, 1.54) is 0 Å². The Bertz CT molecular complexity index is 1130. The molecule has 0 unspecified atom stereocenters. The zero-order valence-corrected chi connectivity index (χ0v) is 18.5. The Kier molecular flexibility index (Phi) is 5.46. The van der Waals surface area contributed by atoms with Crippen LogP contribution in [-0.4, -0.2) is 25.9 Å². The molecule has 1 N–H and O–H groups in total. The fourth-order valence-electron chi connectivity index (χ4n) is 3.97. The molecule has 1 atom stereocenters. The largest absolute Gasteiger partial charge is 0.378 e. The number of carbonyl (C=O) groups excluding carboxylic acids is 2. The average molecular weight is 434 g/mol. The van der Waals surface area contributed by atoms with Gasteiger partial charge in [-0.25, -0.2) is 0 Å². The predicted octanol–water partition coefficient (Wildman–Crippen LogP) is 4.99. The number of amides is 2. The number of rotatable bonds is 5. The van der Waals surface area contributed by atoms with Gasteiger partial charge in [-0.3, -0.25) is 14.5 Å². The van der Waals surface area contributed by atoms with Crippen LogP contribution < -0.4 is 15.1 Å². The highest BCUT2D eigenvalue weighted by Gasteiger charge is 2.58. The van der Waals surface area contributed by atoms with Gasteiger partial charge in [0.25, 0.3) is 5.91 Å². The van der Waals surface area contributed by atoms with Gasteiger partial charge < -0.3 is 10.2 Å². The Morgan fingerprint density at radius 1 is 1.00 bits per heavy atom. The first kappa shape index (κ1) is 20.9. The SMILES string of the molecule is Cc1ccccc1NC(=O)[C@@]1(c2ccc(N(C)C)cc2)CC(=O)N1c1ccc(Cl)cc1. The molecule has 31 heavy (non-hydrogen) atoms. The van der Waals surface area contributed by atoms with Crippen LogP contribution in [0.25, 0.3) is 0 Å². The van der Waals surface area contributed by atoms with E-state index < -0.39 is 5.54 Å². The third-order valence-electron chi connectivity index (χ3n) is 5.75. The van der Waals surface area contributed by atoms with Crippen LogP contribution in [0.5, 0.6) is 0 Å². The van der Waals surface area contributed by atoms with Crippen molar-refractivity contribution in [3.63, 3.8) is 0 Å². The van der Waals surface area contributed by atoms with E-state index in [1.54, 1.807) is 29.2 Å². The summed E-state index contributed by atoms with van der Waals surface area (Å²) in [6, 6.07) is 22.3. The molecule has 158 valence electrons. The zero-order valence-electron chi connectivity index (χ0n) is 17.7. The van der Waals surface area contributed by atoms with Gasteiger partial charge in [0.15, 0.2) is 5.54 Å². The van der Waals surface area contributed by atoms with E-state index in [2.05, 4.69) is 5.32 Å². The highest BCUT2D eigenvalue weighted by atomic mass is 35.5. The molecule has 0 aromatic heterocycles. The second-order valence-corrected chi connectivity index (χ2v) is 8.39. The van der Waals surface area contributed by atoms with Crippen molar-refractivity contribution in [2.75, 3.05) is 29.2 Å². The standard InChI is InChI=1S/C25H24ClN3O2/c1-17-6-4-5-7-22(17)27-24(31)25(18-8-12-20(13-9-18)28(2)3)16-23(30)29(25)21-14-10-19(26)11-15-21/h4-15H,16H2,1-3H3,(H,27,31)/t25-/m0/s1. The monoisotopic (exact) mass is 433 g/mol. The smallest absolute Gasteiger partial charge is 0.255 e. The van der Waals surface area contributed by atoms with E-state index in [-0.39, 0.29) is 18.2 Å². The Hall–Kier alpha value is -3.31. The van der Waals surface area contributed by atoms with Gasteiger partial charge in [0.05, 0.1) is 6.42 Å². The van der Waals surface area contributed by atoms with E-state index in [4.69, 9.17) is 11.6 Å². The second kappa shape index (κ2) is 8.08. The summed E-state index contributed by atoms with van der Waals surface area (Å²) in [6.45, 7) is 1.94. The molecule has 3 aromatic rings. The van der Waals surface area contributed by atoms with Gasteiger partial charge in [0.2, 0.25) is 5.91 Å². The van der Waals surface area contributed by atoms with Crippen molar-refractivity contribution in [3.8, 4) is 0 Å². The number of halogens is 1. The Morgan fingerprint density at radius 3 is 2.23 bits per heavy atom. The summed E-state index contributed by atoms with van der Waals surface area (Å²) in [6.07, 6.45) is 0.0919. The van der Waals surface area contributed by atoms with Gasteiger partial charge in [-0.2, -0.15) is 0 Å². The van der Waals surface area contributed by atoms with Gasteiger partial charge in [-0.1, -0.05) is 41.9 Å². The number of β-lactam (4-membered cyclic amide) rings is 1. The summed E-state index contributed by atoms with van der Waals surface area (Å²) >= 11 is 6.05. The molecule has 0 aliphatic carbocycles. The van der Waals surface area contributed by atoms with Crippen LogP contribution in [0.3, 0.4) is 0 Å². The van der Waals surface area contributed by atoms with Crippen molar-refractivity contribution in [2.24, 2.45) is 0 Å². The van der Waals surface area contributed by atoms with Crippen LogP contribution in [-0.2, 0) is 15.1 Å². The highest BCUT2D eigenvalue weighted by Crippen LogP contribution is 2.46. The van der Waals surface area contributed by atoms with Crippen LogP contribution in [0.1, 0.15) is 17.5 Å². The van der Waals surface area contributed by atoms with Gasteiger partial charge in [-0.05, 0) is 60.5 Å². The molecule has 1 heterocycles. The number of nitrogens with one attached hydrogen (secondary N) is 1. The van der Waals surface area contributed by atoms with Crippen LogP contribution in [0.15, 0.2) is 72.8 Å². The molecule has 0 bridgehead atoms. The number of carbonyl (C=O) groups is 2. The minimum atomic E-state index is -1.14. The number of aryl methyl sites for hydroxylation is 1. The zero-order chi connectivity index (χ0) is 22.2. The van der Waals surface area contributed by atoms with Crippen molar-refractivity contribution in [1.82, 2.24) is 0 Å². The molecule has 1 saturated heterocycles. The third-order valence-corrected chi connectivity index (χ3v) is 6.01. The normalized spacial score (nSPS) is 17.8. The first-order valence-electron chi connectivity index (χ1n) is 10.1. The maximum atomic E-state index is 13.7. The van der Waals surface area contributed by atoms with Gasteiger partial charge in [-0.15, -0.1) is 0 Å². The third kappa shape index (κ3) is 3.66. The predicted molar refractivity (Wildman–Crippen MR) is 126 cm³/mol. The second-order valence-electron chi connectivity index (χ2n) is 7.95. The molecule has 6 heteroatoms. The Labute approximate surface area is 187 Å². The molecule has 0 spiro atoms. The molecule has 1 fully saturated rings. The summed E-state index contributed by atoms with van der Waals surface area (Å²) < 4.78 is 0. The molecule has 5 nitrogen and oxygen atoms in total. The van der Waals surface area contributed by atoms with Crippen LogP contribution in [0.4, 0.5) is 17.1 Å². The molecule has 0 radical (unpaired) electrons. The fraction of sp³-hybridized carbons (Fsp3) is 0.200. The topological polar surface area (TPSA) is 52.7 Å². The lowest BCUT2D eigenvalue weighted by Gasteiger charge is -2.50. The molecule has 1 aliphatic rings. The molecule has 0 saturated carbocycles. The summed E-state index contributed by atoms with van der Waals surface area (Å²) in [4.78, 5) is 30.1. The molecule has 2 amide bonds. The first-order valence-corrected chi connectivity index (χ1v) is 10.4. The maximum Gasteiger partial charge on any atom is 0.255 e. The van der Waals surface area contributed by atoms with Crippen molar-refractivity contribution >= 4 is 40.5 Å². The minimum Gasteiger partial charge on any atom is -0.378 e. The summed E-state index contributed by atoms with van der Waals surface area (Å²) in [7, 11) is 3.92. The Balaban J connectivity index is 1.80. The molecular formula is C25H24ClN3O2. The quantitative estimate of drug-likeness (QED) is 0.577. The number of anilines is 3. The van der Waals surface area contributed by atoms with Crippen LogP contribution in [0.2, 0.25) is 5.02 Å². The summed E-state index contributed by atoms with van der Waals surface area (Å²) in [5.74, 6) is -0.354. The van der Waals surface area contributed by atoms with Crippen molar-refractivity contribution < 1.29 is 9.59 Å². The minimum absolute atomic E-state index is 0.0919. The lowest BCUT2D eigenvalue weighted by atomic mass is 9.76. The van der Waals surface area contributed by atoms with E-state index in [9.17, 15) is 9.59 Å². The molecule has 1 aliphatic heterocycles. The maximum absolute atomic E-state index is 13.7. The summed E-state index contributed by atoms with van der Waals surface area (Å²) in [5, 5.41) is 3.62. The van der Waals surface area contributed by atoms with Crippen LogP contribution >= 0.6 is 11.6 Å².